The van der Waals surface area contributed by atoms with Crippen molar-refractivity contribution >= 4 is 40.1 Å². The van der Waals surface area contributed by atoms with Gasteiger partial charge in [-0.05, 0) is 44.6 Å². The summed E-state index contributed by atoms with van der Waals surface area (Å²) in [4.78, 5) is 36.9. The zero-order chi connectivity index (χ0) is 26.1. The van der Waals surface area contributed by atoms with E-state index in [9.17, 15) is 4.79 Å². The molecule has 0 unspecified atom stereocenters. The quantitative estimate of drug-likeness (QED) is 0.322. The molecule has 0 atom stereocenters. The Labute approximate surface area is 220 Å². The first-order valence-electron chi connectivity index (χ1n) is 13.0. The Morgan fingerprint density at radius 1 is 1.05 bits per heavy atom. The molecular formula is C26H31N11O. The van der Waals surface area contributed by atoms with Gasteiger partial charge in [0.25, 0.3) is 5.91 Å². The number of pyridine rings is 1. The number of carbonyl (C=O) groups excluding carboxylic acids is 1. The molecule has 0 radical (unpaired) electrons. The monoisotopic (exact) mass is 513 g/mol. The summed E-state index contributed by atoms with van der Waals surface area (Å²) >= 11 is 0. The predicted octanol–water partition coefficient (Wildman–Crippen LogP) is 2.95. The molecule has 1 amide bonds. The van der Waals surface area contributed by atoms with E-state index in [1.165, 1.54) is 38.6 Å². The van der Waals surface area contributed by atoms with Crippen LogP contribution in [0.3, 0.4) is 0 Å². The van der Waals surface area contributed by atoms with Crippen molar-refractivity contribution in [3.05, 3.63) is 48.4 Å². The summed E-state index contributed by atoms with van der Waals surface area (Å²) in [7, 11) is 1.82. The van der Waals surface area contributed by atoms with E-state index in [2.05, 4.69) is 50.9 Å². The summed E-state index contributed by atoms with van der Waals surface area (Å²) in [6.45, 7) is 4.58. The number of anilines is 4. The fraction of sp³-hybridized carbons (Fsp3) is 0.423. The van der Waals surface area contributed by atoms with Crippen LogP contribution in [0.1, 0.15) is 41.7 Å². The van der Waals surface area contributed by atoms with E-state index in [0.717, 1.165) is 23.5 Å². The Morgan fingerprint density at radius 3 is 2.63 bits per heavy atom. The van der Waals surface area contributed by atoms with E-state index in [4.69, 9.17) is 0 Å². The van der Waals surface area contributed by atoms with Gasteiger partial charge in [-0.3, -0.25) is 14.7 Å². The lowest BCUT2D eigenvalue weighted by molar-refractivity contribution is 0.0494. The maximum absolute atomic E-state index is 12.9. The van der Waals surface area contributed by atoms with Gasteiger partial charge < -0.3 is 16.0 Å². The van der Waals surface area contributed by atoms with Crippen LogP contribution in [0.5, 0.6) is 0 Å². The van der Waals surface area contributed by atoms with Crippen molar-refractivity contribution in [1.29, 1.82) is 0 Å². The zero-order valence-corrected chi connectivity index (χ0v) is 21.6. The molecule has 2 bridgehead atoms. The molecule has 1 saturated carbocycles. The van der Waals surface area contributed by atoms with Crippen LogP contribution < -0.4 is 16.0 Å². The second kappa shape index (κ2) is 10.3. The fourth-order valence-corrected chi connectivity index (χ4v) is 5.46. The molecule has 7 rings (SSSR count). The molecule has 12 heteroatoms. The highest BCUT2D eigenvalue weighted by Gasteiger charge is 2.33. The summed E-state index contributed by atoms with van der Waals surface area (Å²) < 4.78 is 1.68. The summed E-state index contributed by atoms with van der Waals surface area (Å²) in [6, 6.07) is 2.50. The molecule has 1 aliphatic carbocycles. The van der Waals surface area contributed by atoms with Crippen LogP contribution in [-0.2, 0) is 7.05 Å². The molecule has 2 aliphatic heterocycles. The van der Waals surface area contributed by atoms with Gasteiger partial charge in [0.15, 0.2) is 11.5 Å². The lowest BCUT2D eigenvalue weighted by Gasteiger charge is -2.45. The summed E-state index contributed by atoms with van der Waals surface area (Å²) in [6.07, 6.45) is 13.4. The molecule has 0 spiro atoms. The van der Waals surface area contributed by atoms with Crippen LogP contribution in [-0.4, -0.2) is 71.2 Å². The summed E-state index contributed by atoms with van der Waals surface area (Å²) in [5, 5.41) is 14.8. The normalized spacial score (nSPS) is 19.0. The minimum absolute atomic E-state index is 0.127. The van der Waals surface area contributed by atoms with Gasteiger partial charge >= 0.3 is 0 Å². The minimum atomic E-state index is -0.127. The van der Waals surface area contributed by atoms with Crippen molar-refractivity contribution in [2.45, 2.75) is 38.6 Å². The molecule has 3 fully saturated rings. The number of fused-ring (bicyclic) bond motifs is 4. The van der Waals surface area contributed by atoms with Crippen LogP contribution in [0.25, 0.3) is 11.0 Å². The van der Waals surface area contributed by atoms with Gasteiger partial charge in [-0.15, -0.1) is 0 Å². The number of aromatic nitrogens is 7. The standard InChI is InChI=1S/C26H31N11O/c1-16-22(9-18(10-30-16)25(38)29-7-8-37-14-17-3-5-20(37)6-4-17)33-23-21-13-31-26(34-24(21)36(2)35-23)32-19-11-27-15-28-12-19/h9-13,15,17,20H,3-8,14H2,1-2H3,(H,29,38)(H,33,35)(H,31,32,34). The zero-order valence-electron chi connectivity index (χ0n) is 21.6. The van der Waals surface area contributed by atoms with Crippen molar-refractivity contribution in [2.24, 2.45) is 13.0 Å². The third-order valence-corrected chi connectivity index (χ3v) is 7.51. The lowest BCUT2D eigenvalue weighted by atomic mass is 9.80. The van der Waals surface area contributed by atoms with Crippen molar-refractivity contribution in [3.8, 4) is 0 Å². The molecule has 3 aliphatic rings. The van der Waals surface area contributed by atoms with Gasteiger partial charge in [-0.2, -0.15) is 10.1 Å². The molecular weight excluding hydrogens is 482 g/mol. The molecule has 38 heavy (non-hydrogen) atoms. The molecule has 0 aromatic carbocycles. The van der Waals surface area contributed by atoms with Crippen LogP contribution in [0.15, 0.2) is 37.2 Å². The highest BCUT2D eigenvalue weighted by molar-refractivity contribution is 5.96. The number of hydrogen-bond donors (Lipinski definition) is 3. The maximum Gasteiger partial charge on any atom is 0.252 e. The lowest BCUT2D eigenvalue weighted by Crippen LogP contribution is -2.50. The second-order valence-corrected chi connectivity index (χ2v) is 10.1. The van der Waals surface area contributed by atoms with E-state index < -0.39 is 0 Å². The molecule has 12 nitrogen and oxygen atoms in total. The average Bonchev–Trinajstić information content (AvgIpc) is 3.25. The van der Waals surface area contributed by atoms with E-state index in [1.54, 1.807) is 29.5 Å². The Balaban J connectivity index is 1.13. The van der Waals surface area contributed by atoms with Gasteiger partial charge in [0, 0.05) is 45.1 Å². The molecule has 3 N–H and O–H groups in total. The van der Waals surface area contributed by atoms with Crippen molar-refractivity contribution in [3.63, 3.8) is 0 Å². The Morgan fingerprint density at radius 2 is 1.87 bits per heavy atom. The Kier molecular flexibility index (Phi) is 6.54. The summed E-state index contributed by atoms with van der Waals surface area (Å²) in [5.74, 6) is 1.70. The first-order chi connectivity index (χ1) is 18.5. The number of amides is 1. The van der Waals surface area contributed by atoms with Crippen molar-refractivity contribution in [2.75, 3.05) is 30.3 Å². The third-order valence-electron chi connectivity index (χ3n) is 7.51. The molecule has 6 heterocycles. The molecule has 4 aromatic rings. The number of rotatable bonds is 8. The predicted molar refractivity (Wildman–Crippen MR) is 144 cm³/mol. The third kappa shape index (κ3) is 4.99. The van der Waals surface area contributed by atoms with Crippen LogP contribution in [0.2, 0.25) is 0 Å². The Bertz CT molecular complexity index is 1450. The van der Waals surface area contributed by atoms with E-state index >= 15 is 0 Å². The van der Waals surface area contributed by atoms with Crippen molar-refractivity contribution < 1.29 is 4.79 Å². The summed E-state index contributed by atoms with van der Waals surface area (Å²) in [5.41, 5.74) is 3.30. The topological polar surface area (TPSA) is 139 Å². The SMILES string of the molecule is Cc1ncc(C(=O)NCCN2CC3CCC2CC3)cc1Nc1nn(C)c2nc(Nc3cncnc3)ncc12. The molecule has 2 saturated heterocycles. The number of piperidine rings is 2. The van der Waals surface area contributed by atoms with E-state index in [0.29, 0.717) is 46.9 Å². The van der Waals surface area contributed by atoms with Gasteiger partial charge in [-0.25, -0.2) is 19.6 Å². The molecule has 196 valence electrons. The fourth-order valence-electron chi connectivity index (χ4n) is 5.46. The van der Waals surface area contributed by atoms with E-state index in [1.807, 2.05) is 20.0 Å². The smallest absolute Gasteiger partial charge is 0.252 e. The van der Waals surface area contributed by atoms with Gasteiger partial charge in [-0.1, -0.05) is 0 Å². The number of carbonyl (C=O) groups is 1. The molecule has 4 aromatic heterocycles. The maximum atomic E-state index is 12.9. The van der Waals surface area contributed by atoms with Crippen LogP contribution in [0.4, 0.5) is 23.1 Å². The average molecular weight is 514 g/mol. The minimum Gasteiger partial charge on any atom is -0.351 e. The van der Waals surface area contributed by atoms with Crippen LogP contribution >= 0.6 is 0 Å². The van der Waals surface area contributed by atoms with Gasteiger partial charge in [0.1, 0.15) is 6.33 Å². The number of nitrogens with one attached hydrogen (secondary N) is 3. The highest BCUT2D eigenvalue weighted by atomic mass is 16.1. The highest BCUT2D eigenvalue weighted by Crippen LogP contribution is 2.34. The Hall–Kier alpha value is -4.19. The largest absolute Gasteiger partial charge is 0.351 e. The number of nitrogens with zero attached hydrogens (tertiary/aromatic N) is 8. The number of aryl methyl sites for hydroxylation is 2. The van der Waals surface area contributed by atoms with Gasteiger partial charge in [0.2, 0.25) is 5.95 Å². The van der Waals surface area contributed by atoms with Gasteiger partial charge in [0.05, 0.1) is 40.4 Å². The second-order valence-electron chi connectivity index (χ2n) is 10.1. The first kappa shape index (κ1) is 24.2. The number of hydrogen-bond acceptors (Lipinski definition) is 10. The first-order valence-corrected chi connectivity index (χ1v) is 13.0. The van der Waals surface area contributed by atoms with Crippen molar-refractivity contribution in [1.82, 2.24) is 44.9 Å². The van der Waals surface area contributed by atoms with Crippen LogP contribution in [0, 0.1) is 12.8 Å². The van der Waals surface area contributed by atoms with E-state index in [-0.39, 0.29) is 5.91 Å².